The van der Waals surface area contributed by atoms with Crippen LogP contribution >= 0.6 is 27.5 Å². The molecule has 0 aliphatic rings. The number of hydrogen-bond acceptors (Lipinski definition) is 2. The zero-order valence-corrected chi connectivity index (χ0v) is 11.4. The number of alkyl halides is 1. The van der Waals surface area contributed by atoms with Crippen LogP contribution in [-0.4, -0.2) is 15.0 Å². The van der Waals surface area contributed by atoms with Crippen LogP contribution in [0.2, 0.25) is 5.02 Å². The number of hydrogen-bond donors (Lipinski definition) is 0. The van der Waals surface area contributed by atoms with Crippen molar-refractivity contribution in [3.8, 4) is 0 Å². The molecule has 90 valence electrons. The first-order valence-electron chi connectivity index (χ1n) is 5.05. The molecule has 0 spiro atoms. The molecule has 0 aliphatic carbocycles. The Morgan fingerprint density at radius 1 is 1.53 bits per heavy atom. The van der Waals surface area contributed by atoms with Gasteiger partial charge in [0.05, 0.1) is 22.1 Å². The van der Waals surface area contributed by atoms with Gasteiger partial charge in [-0.15, -0.1) is 5.10 Å². The van der Waals surface area contributed by atoms with Crippen LogP contribution < -0.4 is 0 Å². The lowest BCUT2D eigenvalue weighted by molar-refractivity contribution is 0.614. The molecule has 1 heterocycles. The highest BCUT2D eigenvalue weighted by Crippen LogP contribution is 2.22. The van der Waals surface area contributed by atoms with Crippen molar-refractivity contribution in [2.24, 2.45) is 0 Å². The van der Waals surface area contributed by atoms with E-state index in [1.807, 2.05) is 6.92 Å². The fourth-order valence-corrected chi connectivity index (χ4v) is 1.81. The minimum atomic E-state index is -0.418. The fraction of sp³-hybridized carbons (Fsp3) is 0.273. The molecule has 0 bridgehead atoms. The first kappa shape index (κ1) is 12.5. The van der Waals surface area contributed by atoms with E-state index in [9.17, 15) is 4.39 Å². The summed E-state index contributed by atoms with van der Waals surface area (Å²) in [6, 6.07) is 4.73. The molecule has 0 radical (unpaired) electrons. The standard InChI is InChI=1S/C11H10BrClFN3/c1-7(12)10-6-17(16-15-10)5-8-3-2-4-9(14)11(8)13/h2-4,6-7H,5H2,1H3. The molecule has 1 aromatic carbocycles. The minimum Gasteiger partial charge on any atom is -0.248 e. The molecule has 2 rings (SSSR count). The van der Waals surface area contributed by atoms with Crippen molar-refractivity contribution in [2.75, 3.05) is 0 Å². The van der Waals surface area contributed by atoms with Crippen LogP contribution in [0.15, 0.2) is 24.4 Å². The van der Waals surface area contributed by atoms with Crippen molar-refractivity contribution in [3.63, 3.8) is 0 Å². The number of rotatable bonds is 3. The largest absolute Gasteiger partial charge is 0.248 e. The second-order valence-corrected chi connectivity index (χ2v) is 5.42. The molecule has 0 aliphatic heterocycles. The third-order valence-corrected chi connectivity index (χ3v) is 3.22. The SMILES string of the molecule is CC(Br)c1cn(Cc2cccc(F)c2Cl)nn1. The summed E-state index contributed by atoms with van der Waals surface area (Å²) in [5.74, 6) is -0.418. The monoisotopic (exact) mass is 317 g/mol. The molecule has 1 unspecified atom stereocenters. The smallest absolute Gasteiger partial charge is 0.142 e. The van der Waals surface area contributed by atoms with E-state index in [-0.39, 0.29) is 9.85 Å². The molecular weight excluding hydrogens is 308 g/mol. The van der Waals surface area contributed by atoms with Crippen LogP contribution in [0.4, 0.5) is 4.39 Å². The maximum atomic E-state index is 13.2. The van der Waals surface area contributed by atoms with E-state index in [0.717, 1.165) is 5.69 Å². The lowest BCUT2D eigenvalue weighted by Crippen LogP contribution is -2.01. The lowest BCUT2D eigenvalue weighted by atomic mass is 10.2. The Bertz CT molecular complexity index is 527. The molecule has 0 N–H and O–H groups in total. The molecule has 2 aromatic rings. The first-order valence-corrected chi connectivity index (χ1v) is 6.34. The second-order valence-electron chi connectivity index (χ2n) is 3.67. The van der Waals surface area contributed by atoms with Crippen molar-refractivity contribution in [1.29, 1.82) is 0 Å². The highest BCUT2D eigenvalue weighted by Gasteiger charge is 2.09. The zero-order valence-electron chi connectivity index (χ0n) is 9.07. The van der Waals surface area contributed by atoms with Crippen LogP contribution in [0, 0.1) is 5.82 Å². The van der Waals surface area contributed by atoms with Gasteiger partial charge in [-0.05, 0) is 18.6 Å². The second kappa shape index (κ2) is 5.14. The van der Waals surface area contributed by atoms with Gasteiger partial charge in [0, 0.05) is 6.20 Å². The van der Waals surface area contributed by atoms with Crippen molar-refractivity contribution in [1.82, 2.24) is 15.0 Å². The first-order chi connectivity index (χ1) is 8.08. The summed E-state index contributed by atoms with van der Waals surface area (Å²) in [5.41, 5.74) is 1.52. The van der Waals surface area contributed by atoms with Gasteiger partial charge in [0.1, 0.15) is 5.82 Å². The molecule has 6 heteroatoms. The van der Waals surface area contributed by atoms with E-state index >= 15 is 0 Å². The van der Waals surface area contributed by atoms with E-state index in [1.54, 1.807) is 23.0 Å². The van der Waals surface area contributed by atoms with E-state index in [4.69, 9.17) is 11.6 Å². The Hall–Kier alpha value is -0.940. The summed E-state index contributed by atoms with van der Waals surface area (Å²) in [4.78, 5) is 0.138. The van der Waals surface area contributed by atoms with Gasteiger partial charge in [-0.25, -0.2) is 9.07 Å². The van der Waals surface area contributed by atoms with Crippen LogP contribution in [0.3, 0.4) is 0 Å². The molecule has 0 amide bonds. The Morgan fingerprint density at radius 2 is 2.29 bits per heavy atom. The van der Waals surface area contributed by atoms with Gasteiger partial charge in [-0.3, -0.25) is 0 Å². The molecular formula is C11H10BrClFN3. The number of halogens is 3. The minimum absolute atomic E-state index is 0.136. The van der Waals surface area contributed by atoms with E-state index in [2.05, 4.69) is 26.2 Å². The van der Waals surface area contributed by atoms with E-state index < -0.39 is 5.82 Å². The number of aromatic nitrogens is 3. The maximum Gasteiger partial charge on any atom is 0.142 e. The lowest BCUT2D eigenvalue weighted by Gasteiger charge is -2.04. The zero-order chi connectivity index (χ0) is 12.4. The fourth-order valence-electron chi connectivity index (χ4n) is 1.42. The molecule has 0 saturated carbocycles. The summed E-state index contributed by atoms with van der Waals surface area (Å²) in [6.07, 6.45) is 1.81. The molecule has 0 saturated heterocycles. The van der Waals surface area contributed by atoms with Gasteiger partial charge in [-0.1, -0.05) is 44.9 Å². The summed E-state index contributed by atoms with van der Waals surface area (Å²) in [7, 11) is 0. The normalized spacial score (nSPS) is 12.7. The summed E-state index contributed by atoms with van der Waals surface area (Å²) >= 11 is 9.27. The van der Waals surface area contributed by atoms with Gasteiger partial charge in [0.25, 0.3) is 0 Å². The Kier molecular flexibility index (Phi) is 3.79. The Morgan fingerprint density at radius 3 is 2.94 bits per heavy atom. The third-order valence-electron chi connectivity index (χ3n) is 2.33. The van der Waals surface area contributed by atoms with E-state index in [0.29, 0.717) is 12.1 Å². The molecule has 1 atom stereocenters. The van der Waals surface area contributed by atoms with Crippen LogP contribution in [0.5, 0.6) is 0 Å². The van der Waals surface area contributed by atoms with Crippen molar-refractivity contribution in [3.05, 3.63) is 46.5 Å². The highest BCUT2D eigenvalue weighted by molar-refractivity contribution is 9.09. The van der Waals surface area contributed by atoms with Gasteiger partial charge in [-0.2, -0.15) is 0 Å². The van der Waals surface area contributed by atoms with Gasteiger partial charge < -0.3 is 0 Å². The molecule has 1 aromatic heterocycles. The Balaban J connectivity index is 2.22. The van der Waals surface area contributed by atoms with Gasteiger partial charge >= 0.3 is 0 Å². The van der Waals surface area contributed by atoms with Crippen LogP contribution in [0.25, 0.3) is 0 Å². The average Bonchev–Trinajstić information content (AvgIpc) is 2.73. The van der Waals surface area contributed by atoms with Gasteiger partial charge in [0.2, 0.25) is 0 Å². The van der Waals surface area contributed by atoms with E-state index in [1.165, 1.54) is 6.07 Å². The van der Waals surface area contributed by atoms with Crippen molar-refractivity contribution < 1.29 is 4.39 Å². The maximum absolute atomic E-state index is 13.2. The number of benzene rings is 1. The highest BCUT2D eigenvalue weighted by atomic mass is 79.9. The molecule has 0 fully saturated rings. The molecule has 3 nitrogen and oxygen atoms in total. The predicted molar refractivity (Wildman–Crippen MR) is 67.9 cm³/mol. The predicted octanol–water partition coefficient (Wildman–Crippen LogP) is 3.57. The summed E-state index contributed by atoms with van der Waals surface area (Å²) in [6.45, 7) is 2.37. The van der Waals surface area contributed by atoms with Crippen LogP contribution in [-0.2, 0) is 6.54 Å². The summed E-state index contributed by atoms with van der Waals surface area (Å²) < 4.78 is 14.9. The topological polar surface area (TPSA) is 30.7 Å². The van der Waals surface area contributed by atoms with Crippen molar-refractivity contribution >= 4 is 27.5 Å². The van der Waals surface area contributed by atoms with Gasteiger partial charge in [0.15, 0.2) is 0 Å². The quantitative estimate of drug-likeness (QED) is 0.810. The average molecular weight is 319 g/mol. The third kappa shape index (κ3) is 2.84. The van der Waals surface area contributed by atoms with Crippen molar-refractivity contribution in [2.45, 2.75) is 18.3 Å². The summed E-state index contributed by atoms with van der Waals surface area (Å²) in [5, 5.41) is 8.09. The van der Waals surface area contributed by atoms with Crippen LogP contribution in [0.1, 0.15) is 23.0 Å². The Labute approximate surface area is 112 Å². The molecule has 17 heavy (non-hydrogen) atoms. The number of nitrogens with zero attached hydrogens (tertiary/aromatic N) is 3.